The molecule has 0 amide bonds. The molecule has 1 aromatic rings. The Morgan fingerprint density at radius 2 is 2.19 bits per heavy atom. The van der Waals surface area contributed by atoms with Crippen LogP contribution in [-0.4, -0.2) is 28.2 Å². The predicted octanol–water partition coefficient (Wildman–Crippen LogP) is 3.19. The summed E-state index contributed by atoms with van der Waals surface area (Å²) in [5.41, 5.74) is 0.0126. The van der Waals surface area contributed by atoms with Crippen LogP contribution in [0.5, 0.6) is 0 Å². The summed E-state index contributed by atoms with van der Waals surface area (Å²) in [5.74, 6) is 0. The minimum absolute atomic E-state index is 0.0126. The molecule has 0 aliphatic heterocycles. The zero-order valence-corrected chi connectivity index (χ0v) is 11.0. The number of thioether (sulfide) groups is 1. The second-order valence-corrected chi connectivity index (χ2v) is 5.24. The molecule has 0 saturated heterocycles. The number of nitro benzene ring substituents is 1. The monoisotopic (exact) mass is 276 g/mol. The zero-order chi connectivity index (χ0) is 12.3. The van der Waals surface area contributed by atoms with Crippen molar-refractivity contribution < 1.29 is 4.92 Å². The van der Waals surface area contributed by atoms with Crippen LogP contribution in [0.25, 0.3) is 0 Å². The summed E-state index contributed by atoms with van der Waals surface area (Å²) in [5, 5.41) is 11.2. The molecule has 0 aliphatic rings. The van der Waals surface area contributed by atoms with E-state index in [1.165, 1.54) is 12.1 Å². The van der Waals surface area contributed by atoms with Gasteiger partial charge in [0.25, 0.3) is 5.69 Å². The first-order chi connectivity index (χ1) is 7.41. The zero-order valence-electron chi connectivity index (χ0n) is 8.64. The number of rotatable bonds is 2. The Hall–Kier alpha value is -0.850. The first-order valence-electron chi connectivity index (χ1n) is 4.25. The van der Waals surface area contributed by atoms with Crippen molar-refractivity contribution in [2.45, 2.75) is 4.90 Å². The summed E-state index contributed by atoms with van der Waals surface area (Å²) in [6.07, 6.45) is 0. The molecule has 7 heteroatoms. The van der Waals surface area contributed by atoms with E-state index in [4.69, 9.17) is 23.8 Å². The standard InChI is InChI=1S/C9H9ClN2O2S2/c1-11(2)9(15)16-8-5-6(10)3-4-7(8)12(13)14/h3-5H,1-2H3. The maximum Gasteiger partial charge on any atom is 0.283 e. The number of nitrogens with zero attached hydrogens (tertiary/aromatic N) is 2. The highest BCUT2D eigenvalue weighted by Crippen LogP contribution is 2.32. The van der Waals surface area contributed by atoms with Crippen LogP contribution in [0.3, 0.4) is 0 Å². The normalized spacial score (nSPS) is 9.94. The molecule has 0 atom stereocenters. The summed E-state index contributed by atoms with van der Waals surface area (Å²) < 4.78 is 0.547. The first kappa shape index (κ1) is 13.2. The molecule has 86 valence electrons. The fourth-order valence-corrected chi connectivity index (χ4v) is 2.22. The molecule has 1 aromatic carbocycles. The van der Waals surface area contributed by atoms with Crippen LogP contribution in [0.4, 0.5) is 5.69 Å². The molecule has 0 N–H and O–H groups in total. The number of thiocarbonyl (C=S) groups is 1. The van der Waals surface area contributed by atoms with Crippen molar-refractivity contribution in [1.82, 2.24) is 4.90 Å². The molecule has 0 spiro atoms. The quantitative estimate of drug-likeness (QED) is 0.359. The van der Waals surface area contributed by atoms with Crippen LogP contribution in [0, 0.1) is 10.1 Å². The molecule has 0 radical (unpaired) electrons. The van der Waals surface area contributed by atoms with Gasteiger partial charge in [0.15, 0.2) is 0 Å². The summed E-state index contributed by atoms with van der Waals surface area (Å²) >= 11 is 12.0. The molecule has 0 saturated carbocycles. The van der Waals surface area contributed by atoms with E-state index >= 15 is 0 Å². The van der Waals surface area contributed by atoms with Gasteiger partial charge < -0.3 is 4.90 Å². The molecule has 0 aromatic heterocycles. The molecule has 16 heavy (non-hydrogen) atoms. The fourth-order valence-electron chi connectivity index (χ4n) is 0.906. The van der Waals surface area contributed by atoms with E-state index < -0.39 is 4.92 Å². The maximum absolute atomic E-state index is 10.8. The smallest absolute Gasteiger partial charge is 0.283 e. The SMILES string of the molecule is CN(C)C(=S)Sc1cc(Cl)ccc1[N+](=O)[O-]. The lowest BCUT2D eigenvalue weighted by molar-refractivity contribution is -0.387. The average Bonchev–Trinajstić information content (AvgIpc) is 2.16. The Bertz CT molecular complexity index is 438. The summed E-state index contributed by atoms with van der Waals surface area (Å²) in [6, 6.07) is 4.41. The van der Waals surface area contributed by atoms with E-state index in [-0.39, 0.29) is 5.69 Å². The van der Waals surface area contributed by atoms with Gasteiger partial charge in [0.05, 0.1) is 9.82 Å². The van der Waals surface area contributed by atoms with Gasteiger partial charge in [-0.1, -0.05) is 35.6 Å². The van der Waals surface area contributed by atoms with Gasteiger partial charge in [-0.2, -0.15) is 0 Å². The summed E-state index contributed by atoms with van der Waals surface area (Å²) in [7, 11) is 3.57. The second kappa shape index (κ2) is 5.47. The van der Waals surface area contributed by atoms with E-state index in [1.807, 2.05) is 0 Å². The van der Waals surface area contributed by atoms with Gasteiger partial charge in [-0.05, 0) is 12.1 Å². The maximum atomic E-state index is 10.8. The first-order valence-corrected chi connectivity index (χ1v) is 5.85. The minimum Gasteiger partial charge on any atom is -0.363 e. The number of halogens is 1. The van der Waals surface area contributed by atoms with E-state index in [2.05, 4.69) is 0 Å². The summed E-state index contributed by atoms with van der Waals surface area (Å²) in [4.78, 5) is 12.5. The van der Waals surface area contributed by atoms with Crippen molar-refractivity contribution in [3.8, 4) is 0 Å². The van der Waals surface area contributed by atoms with Gasteiger partial charge in [0, 0.05) is 25.2 Å². The lowest BCUT2D eigenvalue weighted by Gasteiger charge is -2.12. The third kappa shape index (κ3) is 3.33. The topological polar surface area (TPSA) is 46.4 Å². The van der Waals surface area contributed by atoms with Crippen LogP contribution >= 0.6 is 35.6 Å². The Balaban J connectivity index is 3.06. The highest BCUT2D eigenvalue weighted by atomic mass is 35.5. The van der Waals surface area contributed by atoms with Gasteiger partial charge in [0.2, 0.25) is 0 Å². The molecule has 0 aliphatic carbocycles. The molecule has 0 bridgehead atoms. The summed E-state index contributed by atoms with van der Waals surface area (Å²) in [6.45, 7) is 0. The van der Waals surface area contributed by atoms with E-state index in [0.717, 1.165) is 11.8 Å². The lowest BCUT2D eigenvalue weighted by atomic mass is 10.3. The Morgan fingerprint density at radius 3 is 2.69 bits per heavy atom. The van der Waals surface area contributed by atoms with Crippen LogP contribution in [0.2, 0.25) is 5.02 Å². The molecule has 0 heterocycles. The van der Waals surface area contributed by atoms with Crippen molar-refractivity contribution in [2.75, 3.05) is 14.1 Å². The van der Waals surface area contributed by atoms with E-state index in [0.29, 0.717) is 14.2 Å². The van der Waals surface area contributed by atoms with Crippen LogP contribution in [-0.2, 0) is 0 Å². The highest BCUT2D eigenvalue weighted by Gasteiger charge is 2.16. The molecule has 4 nitrogen and oxygen atoms in total. The van der Waals surface area contributed by atoms with Crippen LogP contribution < -0.4 is 0 Å². The van der Waals surface area contributed by atoms with Gasteiger partial charge >= 0.3 is 0 Å². The second-order valence-electron chi connectivity index (χ2n) is 3.13. The van der Waals surface area contributed by atoms with Crippen LogP contribution in [0.15, 0.2) is 23.1 Å². The largest absolute Gasteiger partial charge is 0.363 e. The van der Waals surface area contributed by atoms with Crippen molar-refractivity contribution in [2.24, 2.45) is 0 Å². The van der Waals surface area contributed by atoms with Crippen LogP contribution in [0.1, 0.15) is 0 Å². The van der Waals surface area contributed by atoms with Gasteiger partial charge in [-0.3, -0.25) is 10.1 Å². The van der Waals surface area contributed by atoms with E-state index in [9.17, 15) is 10.1 Å². The van der Waals surface area contributed by atoms with Crippen molar-refractivity contribution in [3.05, 3.63) is 33.3 Å². The number of nitro groups is 1. The number of benzene rings is 1. The third-order valence-corrected chi connectivity index (χ3v) is 3.62. The molecule has 0 fully saturated rings. The van der Waals surface area contributed by atoms with Gasteiger partial charge in [-0.15, -0.1) is 0 Å². The number of hydrogen-bond donors (Lipinski definition) is 0. The number of hydrogen-bond acceptors (Lipinski definition) is 4. The third-order valence-electron chi connectivity index (χ3n) is 1.68. The van der Waals surface area contributed by atoms with Crippen molar-refractivity contribution in [3.63, 3.8) is 0 Å². The lowest BCUT2D eigenvalue weighted by Crippen LogP contribution is -2.15. The minimum atomic E-state index is -0.447. The van der Waals surface area contributed by atoms with Gasteiger partial charge in [0.1, 0.15) is 4.32 Å². The molecule has 0 unspecified atom stereocenters. The highest BCUT2D eigenvalue weighted by molar-refractivity contribution is 8.23. The average molecular weight is 277 g/mol. The fraction of sp³-hybridized carbons (Fsp3) is 0.222. The molecular formula is C9H9ClN2O2S2. The van der Waals surface area contributed by atoms with Gasteiger partial charge in [-0.25, -0.2) is 0 Å². The Labute approximate surface area is 108 Å². The van der Waals surface area contributed by atoms with Crippen molar-refractivity contribution >= 4 is 45.6 Å². The Morgan fingerprint density at radius 1 is 1.56 bits per heavy atom. The van der Waals surface area contributed by atoms with E-state index in [1.54, 1.807) is 25.1 Å². The van der Waals surface area contributed by atoms with Crippen molar-refractivity contribution in [1.29, 1.82) is 0 Å². The predicted molar refractivity (Wildman–Crippen MR) is 70.2 cm³/mol. The molecule has 1 rings (SSSR count). The molecular weight excluding hydrogens is 268 g/mol. The Kier molecular flexibility index (Phi) is 4.52.